The molecule has 2 aromatic rings. The van der Waals surface area contributed by atoms with E-state index in [1.165, 1.54) is 12.1 Å². The van der Waals surface area contributed by atoms with Crippen molar-refractivity contribution in [1.29, 1.82) is 0 Å². The Morgan fingerprint density at radius 2 is 2.15 bits per heavy atom. The lowest BCUT2D eigenvalue weighted by atomic mass is 10.2. The van der Waals surface area contributed by atoms with Gasteiger partial charge in [-0.1, -0.05) is 19.1 Å². The molecule has 0 aliphatic carbocycles. The van der Waals surface area contributed by atoms with E-state index in [4.69, 9.17) is 4.74 Å². The van der Waals surface area contributed by atoms with Gasteiger partial charge in [0, 0.05) is 51.5 Å². The Morgan fingerprint density at radius 1 is 1.33 bits per heavy atom. The zero-order valence-corrected chi connectivity index (χ0v) is 15.8. The average Bonchev–Trinajstić information content (AvgIpc) is 3.12. The summed E-state index contributed by atoms with van der Waals surface area (Å²) >= 11 is 0. The molecule has 6 nitrogen and oxygen atoms in total. The van der Waals surface area contributed by atoms with Crippen LogP contribution in [0, 0.1) is 5.82 Å². The Morgan fingerprint density at radius 3 is 2.89 bits per heavy atom. The minimum Gasteiger partial charge on any atom is -0.379 e. The number of morpholine rings is 1. The van der Waals surface area contributed by atoms with Gasteiger partial charge in [0.25, 0.3) is 0 Å². The largest absolute Gasteiger partial charge is 0.379 e. The first kappa shape index (κ1) is 19.5. The van der Waals surface area contributed by atoms with Gasteiger partial charge in [-0.2, -0.15) is 0 Å². The van der Waals surface area contributed by atoms with Crippen molar-refractivity contribution in [2.75, 3.05) is 39.4 Å². The van der Waals surface area contributed by atoms with E-state index in [1.54, 1.807) is 12.3 Å². The molecule has 1 aromatic carbocycles. The zero-order chi connectivity index (χ0) is 19.1. The second kappa shape index (κ2) is 9.62. The van der Waals surface area contributed by atoms with Gasteiger partial charge in [-0.05, 0) is 17.7 Å². The molecular weight excluding hydrogens is 347 g/mol. The van der Waals surface area contributed by atoms with Crippen LogP contribution in [0.1, 0.15) is 24.7 Å². The van der Waals surface area contributed by atoms with Crippen LogP contribution in [-0.4, -0.2) is 64.7 Å². The van der Waals surface area contributed by atoms with Crippen LogP contribution in [0.5, 0.6) is 0 Å². The Labute approximate surface area is 159 Å². The van der Waals surface area contributed by atoms with Crippen molar-refractivity contribution in [1.82, 2.24) is 19.4 Å². The van der Waals surface area contributed by atoms with Gasteiger partial charge in [-0.25, -0.2) is 9.37 Å². The number of imidazole rings is 1. The third-order valence-corrected chi connectivity index (χ3v) is 4.82. The number of nitrogens with zero attached hydrogens (tertiary/aromatic N) is 4. The summed E-state index contributed by atoms with van der Waals surface area (Å²) in [6, 6.07) is 6.56. The quantitative estimate of drug-likeness (QED) is 0.710. The van der Waals surface area contributed by atoms with E-state index in [1.807, 2.05) is 28.7 Å². The maximum Gasteiger partial charge on any atom is 0.222 e. The second-order valence-corrected chi connectivity index (χ2v) is 6.72. The Hall–Kier alpha value is -2.25. The molecule has 0 spiro atoms. The van der Waals surface area contributed by atoms with E-state index in [0.717, 1.165) is 44.2 Å². The molecule has 1 aliphatic rings. The number of rotatable bonds is 8. The highest BCUT2D eigenvalue weighted by atomic mass is 19.1. The summed E-state index contributed by atoms with van der Waals surface area (Å²) in [5.74, 6) is 0.675. The minimum absolute atomic E-state index is 0.114. The topological polar surface area (TPSA) is 50.6 Å². The molecule has 146 valence electrons. The lowest BCUT2D eigenvalue weighted by Crippen LogP contribution is -2.43. The van der Waals surface area contributed by atoms with Crippen molar-refractivity contribution in [3.05, 3.63) is 53.9 Å². The number of amides is 1. The van der Waals surface area contributed by atoms with E-state index >= 15 is 0 Å². The average molecular weight is 374 g/mol. The van der Waals surface area contributed by atoms with Crippen molar-refractivity contribution < 1.29 is 13.9 Å². The molecule has 0 N–H and O–H groups in total. The van der Waals surface area contributed by atoms with E-state index < -0.39 is 0 Å². The van der Waals surface area contributed by atoms with Crippen LogP contribution in [0.15, 0.2) is 36.7 Å². The standard InChI is InChI=1S/C20H27FN4O2/c1-2-20(26)25(9-8-23-10-12-27-13-11-23)16-19-22-6-7-24(19)15-17-4-3-5-18(21)14-17/h3-7,14H,2,8-13,15-16H2,1H3. The van der Waals surface area contributed by atoms with Crippen molar-refractivity contribution in [2.45, 2.75) is 26.4 Å². The number of ether oxygens (including phenoxy) is 1. The number of aromatic nitrogens is 2. The Bertz CT molecular complexity index is 743. The van der Waals surface area contributed by atoms with Crippen LogP contribution in [0.2, 0.25) is 0 Å². The summed E-state index contributed by atoms with van der Waals surface area (Å²) < 4.78 is 20.8. The minimum atomic E-state index is -0.248. The number of halogens is 1. The Balaban J connectivity index is 1.65. The molecule has 2 heterocycles. The van der Waals surface area contributed by atoms with Crippen molar-refractivity contribution in [2.24, 2.45) is 0 Å². The van der Waals surface area contributed by atoms with Crippen LogP contribution in [0.3, 0.4) is 0 Å². The molecule has 1 amide bonds. The number of benzene rings is 1. The molecule has 1 fully saturated rings. The molecule has 7 heteroatoms. The van der Waals surface area contributed by atoms with E-state index in [0.29, 0.717) is 26.1 Å². The monoisotopic (exact) mass is 374 g/mol. The molecule has 1 aliphatic heterocycles. The van der Waals surface area contributed by atoms with Crippen LogP contribution in [0.25, 0.3) is 0 Å². The van der Waals surface area contributed by atoms with E-state index in [2.05, 4.69) is 9.88 Å². The van der Waals surface area contributed by atoms with Crippen molar-refractivity contribution in [3.63, 3.8) is 0 Å². The lowest BCUT2D eigenvalue weighted by Gasteiger charge is -2.30. The van der Waals surface area contributed by atoms with Crippen LogP contribution in [0.4, 0.5) is 4.39 Å². The van der Waals surface area contributed by atoms with Crippen LogP contribution in [-0.2, 0) is 22.6 Å². The number of hydrogen-bond acceptors (Lipinski definition) is 4. The summed E-state index contributed by atoms with van der Waals surface area (Å²) in [7, 11) is 0. The van der Waals surface area contributed by atoms with Gasteiger partial charge in [0.2, 0.25) is 5.91 Å². The van der Waals surface area contributed by atoms with Gasteiger partial charge in [-0.15, -0.1) is 0 Å². The maximum atomic E-state index is 13.4. The smallest absolute Gasteiger partial charge is 0.222 e. The number of hydrogen-bond donors (Lipinski definition) is 0. The molecule has 3 rings (SSSR count). The number of carbonyl (C=O) groups excluding carboxylic acids is 1. The normalized spacial score (nSPS) is 15.0. The molecule has 27 heavy (non-hydrogen) atoms. The van der Waals surface area contributed by atoms with Gasteiger partial charge in [-0.3, -0.25) is 9.69 Å². The Kier molecular flexibility index (Phi) is 6.95. The fourth-order valence-corrected chi connectivity index (χ4v) is 3.24. The summed E-state index contributed by atoms with van der Waals surface area (Å²) in [6.07, 6.45) is 4.07. The van der Waals surface area contributed by atoms with Gasteiger partial charge >= 0.3 is 0 Å². The summed E-state index contributed by atoms with van der Waals surface area (Å²) in [5, 5.41) is 0. The van der Waals surface area contributed by atoms with Crippen LogP contribution >= 0.6 is 0 Å². The molecule has 0 radical (unpaired) electrons. The molecule has 0 bridgehead atoms. The second-order valence-electron chi connectivity index (χ2n) is 6.72. The highest BCUT2D eigenvalue weighted by Crippen LogP contribution is 2.11. The molecule has 0 atom stereocenters. The van der Waals surface area contributed by atoms with Gasteiger partial charge in [0.15, 0.2) is 0 Å². The highest BCUT2D eigenvalue weighted by molar-refractivity contribution is 5.75. The predicted molar refractivity (Wildman–Crippen MR) is 101 cm³/mol. The predicted octanol–water partition coefficient (Wildman–Crippen LogP) is 2.14. The molecule has 1 aromatic heterocycles. The first-order valence-electron chi connectivity index (χ1n) is 9.48. The van der Waals surface area contributed by atoms with E-state index in [9.17, 15) is 9.18 Å². The van der Waals surface area contributed by atoms with Gasteiger partial charge in [0.1, 0.15) is 11.6 Å². The van der Waals surface area contributed by atoms with Gasteiger partial charge in [0.05, 0.1) is 19.8 Å². The summed E-state index contributed by atoms with van der Waals surface area (Å²) in [5.41, 5.74) is 0.871. The fourth-order valence-electron chi connectivity index (χ4n) is 3.24. The summed E-state index contributed by atoms with van der Waals surface area (Å²) in [6.45, 7) is 7.68. The third kappa shape index (κ3) is 5.61. The van der Waals surface area contributed by atoms with E-state index in [-0.39, 0.29) is 11.7 Å². The molecule has 1 saturated heterocycles. The highest BCUT2D eigenvalue weighted by Gasteiger charge is 2.18. The van der Waals surface area contributed by atoms with Crippen molar-refractivity contribution >= 4 is 5.91 Å². The zero-order valence-electron chi connectivity index (χ0n) is 15.8. The lowest BCUT2D eigenvalue weighted by molar-refractivity contribution is -0.132. The molecular formula is C20H27FN4O2. The maximum absolute atomic E-state index is 13.4. The number of carbonyl (C=O) groups is 1. The molecule has 0 saturated carbocycles. The van der Waals surface area contributed by atoms with Crippen molar-refractivity contribution in [3.8, 4) is 0 Å². The fraction of sp³-hybridized carbons (Fsp3) is 0.500. The SMILES string of the molecule is CCC(=O)N(CCN1CCOCC1)Cc1nccn1Cc1cccc(F)c1. The first-order valence-corrected chi connectivity index (χ1v) is 9.48. The summed E-state index contributed by atoms with van der Waals surface area (Å²) in [4.78, 5) is 21.0. The van der Waals surface area contributed by atoms with Gasteiger partial charge < -0.3 is 14.2 Å². The third-order valence-electron chi connectivity index (χ3n) is 4.82. The molecule has 0 unspecified atom stereocenters. The first-order chi connectivity index (χ1) is 13.2. The van der Waals surface area contributed by atoms with Crippen LogP contribution < -0.4 is 0 Å².